The van der Waals surface area contributed by atoms with Crippen molar-refractivity contribution in [3.63, 3.8) is 0 Å². The maximum absolute atomic E-state index is 13.6. The monoisotopic (exact) mass is 306 g/mol. The quantitative estimate of drug-likeness (QED) is 0.759. The van der Waals surface area contributed by atoms with Crippen LogP contribution in [0.15, 0.2) is 23.1 Å². The van der Waals surface area contributed by atoms with Crippen molar-refractivity contribution in [1.82, 2.24) is 4.72 Å². The van der Waals surface area contributed by atoms with E-state index in [1.54, 1.807) is 6.92 Å². The molecule has 0 aliphatic carbocycles. The Bertz CT molecular complexity index is 575. The molecule has 19 heavy (non-hydrogen) atoms. The number of nitrogens with one attached hydrogen (secondary N) is 1. The Morgan fingerprint density at radius 3 is 2.74 bits per heavy atom. The predicted octanol–water partition coefficient (Wildman–Crippen LogP) is 0.773. The number of ether oxygens (including phenoxy) is 1. The summed E-state index contributed by atoms with van der Waals surface area (Å²) < 4.78 is 45.1. The Morgan fingerprint density at radius 1 is 1.58 bits per heavy atom. The van der Waals surface area contributed by atoms with E-state index in [1.807, 2.05) is 0 Å². The molecular formula is C11H15FN2O3S2. The smallest absolute Gasteiger partial charge is 0.241 e. The van der Waals surface area contributed by atoms with Crippen LogP contribution in [-0.4, -0.2) is 33.2 Å². The second kappa shape index (κ2) is 6.38. The first-order valence-corrected chi connectivity index (χ1v) is 7.28. The topological polar surface area (TPSA) is 81.4 Å². The molecule has 1 aromatic rings. The summed E-state index contributed by atoms with van der Waals surface area (Å²) >= 11 is 4.69. The standard InChI is InChI=1S/C11H15FN2O3S2/c1-7(6-17-2)14-19(15,16)9-5-3-4-8(12)10(9)11(13)18/h3-5,7,14H,6H2,1-2H3,(H2,13,18). The molecule has 0 amide bonds. The van der Waals surface area contributed by atoms with E-state index < -0.39 is 21.9 Å². The van der Waals surface area contributed by atoms with Crippen molar-refractivity contribution in [2.75, 3.05) is 13.7 Å². The van der Waals surface area contributed by atoms with Gasteiger partial charge < -0.3 is 10.5 Å². The van der Waals surface area contributed by atoms with Gasteiger partial charge in [-0.2, -0.15) is 0 Å². The van der Waals surface area contributed by atoms with Gasteiger partial charge in [-0.25, -0.2) is 17.5 Å². The third-order valence-corrected chi connectivity index (χ3v) is 4.12. The lowest BCUT2D eigenvalue weighted by Gasteiger charge is -2.15. The van der Waals surface area contributed by atoms with Gasteiger partial charge in [-0.15, -0.1) is 0 Å². The highest BCUT2D eigenvalue weighted by Gasteiger charge is 2.24. The van der Waals surface area contributed by atoms with Crippen LogP contribution in [0, 0.1) is 5.82 Å². The van der Waals surface area contributed by atoms with E-state index in [9.17, 15) is 12.8 Å². The normalized spacial score (nSPS) is 13.2. The molecule has 0 aliphatic heterocycles. The summed E-state index contributed by atoms with van der Waals surface area (Å²) in [5, 5.41) is 0. The number of nitrogens with two attached hydrogens (primary N) is 1. The molecule has 0 spiro atoms. The molecule has 0 saturated carbocycles. The molecule has 3 N–H and O–H groups in total. The molecule has 0 fully saturated rings. The van der Waals surface area contributed by atoms with E-state index in [0.29, 0.717) is 0 Å². The average molecular weight is 306 g/mol. The van der Waals surface area contributed by atoms with Gasteiger partial charge in [-0.05, 0) is 19.1 Å². The second-order valence-electron chi connectivity index (χ2n) is 3.95. The fourth-order valence-electron chi connectivity index (χ4n) is 1.58. The lowest BCUT2D eigenvalue weighted by atomic mass is 10.2. The van der Waals surface area contributed by atoms with Crippen LogP contribution in [0.5, 0.6) is 0 Å². The average Bonchev–Trinajstić information content (AvgIpc) is 2.27. The minimum Gasteiger partial charge on any atom is -0.389 e. The molecular weight excluding hydrogens is 291 g/mol. The maximum Gasteiger partial charge on any atom is 0.241 e. The fraction of sp³-hybridized carbons (Fsp3) is 0.364. The summed E-state index contributed by atoms with van der Waals surface area (Å²) in [7, 11) is -2.47. The first-order chi connectivity index (χ1) is 8.79. The highest BCUT2D eigenvalue weighted by Crippen LogP contribution is 2.19. The Labute approximate surface area is 117 Å². The van der Waals surface area contributed by atoms with Crippen molar-refractivity contribution in [3.05, 3.63) is 29.6 Å². The molecule has 0 bridgehead atoms. The summed E-state index contributed by atoms with van der Waals surface area (Å²) in [6, 6.07) is 3.18. The molecule has 1 unspecified atom stereocenters. The van der Waals surface area contributed by atoms with Crippen molar-refractivity contribution in [1.29, 1.82) is 0 Å². The number of halogens is 1. The number of methoxy groups -OCH3 is 1. The molecule has 0 heterocycles. The molecule has 8 heteroatoms. The molecule has 1 aromatic carbocycles. The summed E-state index contributed by atoms with van der Waals surface area (Å²) in [6.07, 6.45) is 0. The SMILES string of the molecule is COCC(C)NS(=O)(=O)c1cccc(F)c1C(N)=S. The highest BCUT2D eigenvalue weighted by atomic mass is 32.2. The van der Waals surface area contributed by atoms with Crippen LogP contribution < -0.4 is 10.5 Å². The van der Waals surface area contributed by atoms with Crippen LogP contribution in [0.2, 0.25) is 0 Å². The molecule has 0 saturated heterocycles. The number of benzene rings is 1. The first-order valence-electron chi connectivity index (χ1n) is 5.39. The van der Waals surface area contributed by atoms with E-state index >= 15 is 0 Å². The van der Waals surface area contributed by atoms with E-state index in [1.165, 1.54) is 19.2 Å². The van der Waals surface area contributed by atoms with Gasteiger partial charge in [0, 0.05) is 13.2 Å². The largest absolute Gasteiger partial charge is 0.389 e. The van der Waals surface area contributed by atoms with E-state index in [4.69, 9.17) is 22.7 Å². The van der Waals surface area contributed by atoms with Crippen molar-refractivity contribution in [2.24, 2.45) is 5.73 Å². The summed E-state index contributed by atoms with van der Waals surface area (Å²) in [4.78, 5) is -0.583. The Hall–Kier alpha value is -1.09. The lowest BCUT2D eigenvalue weighted by molar-refractivity contribution is 0.180. The van der Waals surface area contributed by atoms with Gasteiger partial charge in [0.2, 0.25) is 10.0 Å². The van der Waals surface area contributed by atoms with Gasteiger partial charge in [-0.3, -0.25) is 0 Å². The summed E-state index contributed by atoms with van der Waals surface area (Å²) in [6.45, 7) is 1.82. The van der Waals surface area contributed by atoms with Crippen LogP contribution in [-0.2, 0) is 14.8 Å². The van der Waals surface area contributed by atoms with Gasteiger partial charge >= 0.3 is 0 Å². The summed E-state index contributed by atoms with van der Waals surface area (Å²) in [5.74, 6) is -0.769. The van der Waals surface area contributed by atoms with Crippen molar-refractivity contribution in [2.45, 2.75) is 17.9 Å². The zero-order valence-electron chi connectivity index (χ0n) is 10.5. The minimum atomic E-state index is -3.92. The van der Waals surface area contributed by atoms with Gasteiger partial charge in [0.1, 0.15) is 10.8 Å². The summed E-state index contributed by atoms with van der Waals surface area (Å²) in [5.41, 5.74) is 5.09. The first kappa shape index (κ1) is 16.0. The third-order valence-electron chi connectivity index (χ3n) is 2.28. The highest BCUT2D eigenvalue weighted by molar-refractivity contribution is 7.89. The number of hydrogen-bond donors (Lipinski definition) is 2. The molecule has 106 valence electrons. The second-order valence-corrected chi connectivity index (χ2v) is 6.08. The molecule has 0 radical (unpaired) electrons. The van der Waals surface area contributed by atoms with Crippen LogP contribution in [0.3, 0.4) is 0 Å². The lowest BCUT2D eigenvalue weighted by Crippen LogP contribution is -2.36. The zero-order chi connectivity index (χ0) is 14.6. The maximum atomic E-state index is 13.6. The zero-order valence-corrected chi connectivity index (χ0v) is 12.1. The third kappa shape index (κ3) is 3.93. The molecule has 0 aromatic heterocycles. The van der Waals surface area contributed by atoms with E-state index in [2.05, 4.69) is 4.72 Å². The molecule has 0 aliphatic rings. The molecule has 5 nitrogen and oxygen atoms in total. The van der Waals surface area contributed by atoms with E-state index in [0.717, 1.165) is 6.07 Å². The van der Waals surface area contributed by atoms with Gasteiger partial charge in [-0.1, -0.05) is 18.3 Å². The Kier molecular flexibility index (Phi) is 5.36. The van der Waals surface area contributed by atoms with E-state index in [-0.39, 0.29) is 22.1 Å². The van der Waals surface area contributed by atoms with Crippen LogP contribution in [0.25, 0.3) is 0 Å². The van der Waals surface area contributed by atoms with Gasteiger partial charge in [0.25, 0.3) is 0 Å². The fourth-order valence-corrected chi connectivity index (χ4v) is 3.31. The van der Waals surface area contributed by atoms with Gasteiger partial charge in [0.15, 0.2) is 0 Å². The number of thiocarbonyl (C=S) groups is 1. The number of rotatable bonds is 6. The van der Waals surface area contributed by atoms with Crippen LogP contribution in [0.4, 0.5) is 4.39 Å². The number of hydrogen-bond acceptors (Lipinski definition) is 4. The van der Waals surface area contributed by atoms with Crippen LogP contribution in [0.1, 0.15) is 12.5 Å². The van der Waals surface area contributed by atoms with Gasteiger partial charge in [0.05, 0.1) is 17.1 Å². The molecule has 1 atom stereocenters. The molecule has 1 rings (SSSR count). The Balaban J connectivity index is 3.22. The van der Waals surface area contributed by atoms with Crippen molar-refractivity contribution in [3.8, 4) is 0 Å². The number of sulfonamides is 1. The minimum absolute atomic E-state index is 0.191. The predicted molar refractivity (Wildman–Crippen MR) is 73.9 cm³/mol. The Morgan fingerprint density at radius 2 is 2.21 bits per heavy atom. The van der Waals surface area contributed by atoms with Crippen molar-refractivity contribution < 1.29 is 17.5 Å². The van der Waals surface area contributed by atoms with Crippen LogP contribution >= 0.6 is 12.2 Å². The van der Waals surface area contributed by atoms with Crippen molar-refractivity contribution >= 4 is 27.2 Å².